The van der Waals surface area contributed by atoms with Gasteiger partial charge >= 0.3 is 16.5 Å². The van der Waals surface area contributed by atoms with Crippen LogP contribution in [0.2, 0.25) is 0 Å². The Morgan fingerprint density at radius 3 is 2.71 bits per heavy atom. The number of hydrogen-bond donors (Lipinski definition) is 0. The first-order chi connectivity index (χ1) is 7.74. The Morgan fingerprint density at radius 2 is 2.18 bits per heavy atom. The smallest absolute Gasteiger partial charge is 0.541 e. The normalized spacial score (nSPS) is 23.2. The molecule has 1 fully saturated rings. The average Bonchev–Trinajstić information content (AvgIpc) is 2.55. The van der Waals surface area contributed by atoms with Crippen molar-refractivity contribution in [3.63, 3.8) is 0 Å². The summed E-state index contributed by atoms with van der Waals surface area (Å²) in [4.78, 5) is 26.3. The summed E-state index contributed by atoms with van der Waals surface area (Å²) in [7, 11) is 1.69. The van der Waals surface area contributed by atoms with Gasteiger partial charge in [0.25, 0.3) is 0 Å². The summed E-state index contributed by atoms with van der Waals surface area (Å²) in [6, 6.07) is 0. The van der Waals surface area contributed by atoms with Crippen molar-refractivity contribution in [2.45, 2.75) is 32.1 Å². The Balaban J connectivity index is 0.000000292. The molecule has 1 amide bonds. The van der Waals surface area contributed by atoms with E-state index in [9.17, 15) is 9.59 Å². The topological polar surface area (TPSA) is 49.7 Å². The summed E-state index contributed by atoms with van der Waals surface area (Å²) < 4.78 is 0. The number of likely N-dealkylation sites (tertiary alicyclic amines) is 1. The summed E-state index contributed by atoms with van der Waals surface area (Å²) in [6.45, 7) is 1.56. The molecular formula is C12H18N2NiO2. The van der Waals surface area contributed by atoms with E-state index >= 15 is 0 Å². The van der Waals surface area contributed by atoms with E-state index in [0.29, 0.717) is 13.0 Å². The molecule has 0 bridgehead atoms. The van der Waals surface area contributed by atoms with Crippen molar-refractivity contribution in [1.82, 2.24) is 4.90 Å². The molecule has 98 valence electrons. The van der Waals surface area contributed by atoms with Crippen LogP contribution in [-0.4, -0.2) is 43.4 Å². The van der Waals surface area contributed by atoms with Gasteiger partial charge in [0, 0.05) is 13.5 Å². The molecule has 2 aliphatic rings. The standard InChI is InChI=1S/C6H8NO2.C6H10N.Ni/c1-7-3-5(4-8)2-6(7)9;1-2-4-6-7-5-3-1;/h5H,2-3H2,1H3;1-5H2;/q2*-1;+2. The third-order valence-electron chi connectivity index (χ3n) is 2.68. The van der Waals surface area contributed by atoms with Crippen molar-refractivity contribution in [2.75, 3.05) is 20.1 Å². The van der Waals surface area contributed by atoms with Crippen LogP contribution in [0.25, 0.3) is 0 Å². The Morgan fingerprint density at radius 1 is 1.41 bits per heavy atom. The van der Waals surface area contributed by atoms with Crippen LogP contribution in [-0.2, 0) is 26.1 Å². The van der Waals surface area contributed by atoms with Gasteiger partial charge in [0.05, 0.1) is 0 Å². The molecule has 2 heterocycles. The van der Waals surface area contributed by atoms with Crippen LogP contribution >= 0.6 is 0 Å². The molecule has 0 aromatic rings. The first kappa shape index (κ1) is 16.3. The second-order valence-corrected chi connectivity index (χ2v) is 4.14. The first-order valence-corrected chi connectivity index (χ1v) is 5.75. The molecule has 1 saturated heterocycles. The minimum atomic E-state index is -0.178. The zero-order valence-electron chi connectivity index (χ0n) is 10.1. The monoisotopic (exact) mass is 280 g/mol. The van der Waals surface area contributed by atoms with Gasteiger partial charge in [-0.1, -0.05) is 12.8 Å². The number of amides is 1. The van der Waals surface area contributed by atoms with Crippen molar-refractivity contribution in [3.05, 3.63) is 0 Å². The molecule has 2 aliphatic heterocycles. The molecule has 17 heavy (non-hydrogen) atoms. The van der Waals surface area contributed by atoms with E-state index in [1.807, 2.05) is 6.29 Å². The van der Waals surface area contributed by atoms with Crippen LogP contribution in [0, 0.1) is 5.92 Å². The van der Waals surface area contributed by atoms with Crippen molar-refractivity contribution in [3.8, 4) is 0 Å². The minimum Gasteiger partial charge on any atom is -0.541 e. The first-order valence-electron chi connectivity index (χ1n) is 5.75. The van der Waals surface area contributed by atoms with E-state index in [2.05, 4.69) is 11.2 Å². The van der Waals surface area contributed by atoms with Gasteiger partial charge in [-0.15, -0.1) is 5.92 Å². The van der Waals surface area contributed by atoms with Crippen molar-refractivity contribution in [2.24, 2.45) is 10.9 Å². The summed E-state index contributed by atoms with van der Waals surface area (Å²) in [5, 5.41) is 0. The van der Waals surface area contributed by atoms with Crippen molar-refractivity contribution in [1.29, 1.82) is 0 Å². The second-order valence-electron chi connectivity index (χ2n) is 4.14. The third kappa shape index (κ3) is 6.57. The van der Waals surface area contributed by atoms with Gasteiger partial charge in [-0.25, -0.2) is 0 Å². The van der Waals surface area contributed by atoms with Crippen LogP contribution in [0.5, 0.6) is 0 Å². The van der Waals surface area contributed by atoms with Gasteiger partial charge in [0.1, 0.15) is 0 Å². The second kappa shape index (κ2) is 9.35. The van der Waals surface area contributed by atoms with Crippen molar-refractivity contribution >= 4 is 18.4 Å². The zero-order chi connectivity index (χ0) is 11.8. The van der Waals surface area contributed by atoms with Gasteiger partial charge in [-0.05, 0) is 19.5 Å². The molecule has 1 atom stereocenters. The Labute approximate surface area is 113 Å². The SMILES string of the molecule is CN1CC([C-]=O)CC1=O.[C-]1=NCCCCC1.[Ni+2]. The van der Waals surface area contributed by atoms with Gasteiger partial charge in [-0.3, -0.25) is 11.1 Å². The molecule has 0 aromatic heterocycles. The molecule has 4 nitrogen and oxygen atoms in total. The van der Waals surface area contributed by atoms with Crippen LogP contribution in [0.4, 0.5) is 0 Å². The molecule has 0 radical (unpaired) electrons. The van der Waals surface area contributed by atoms with E-state index in [0.717, 1.165) is 13.0 Å². The molecule has 0 aromatic carbocycles. The zero-order valence-corrected chi connectivity index (χ0v) is 11.0. The van der Waals surface area contributed by atoms with Gasteiger partial charge < -0.3 is 20.9 Å². The fourth-order valence-corrected chi connectivity index (χ4v) is 1.67. The molecule has 2 rings (SSSR count). The van der Waals surface area contributed by atoms with Gasteiger partial charge in [0.15, 0.2) is 0 Å². The Bertz CT molecular complexity index is 261. The fourth-order valence-electron chi connectivity index (χ4n) is 1.67. The number of hydrogen-bond acceptors (Lipinski definition) is 3. The quantitative estimate of drug-likeness (QED) is 0.533. The van der Waals surface area contributed by atoms with Gasteiger partial charge in [0.2, 0.25) is 5.91 Å². The number of nitrogens with zero attached hydrogens (tertiary/aromatic N) is 2. The van der Waals surface area contributed by atoms with E-state index in [-0.39, 0.29) is 28.3 Å². The maximum absolute atomic E-state index is 10.7. The van der Waals surface area contributed by atoms with Gasteiger partial charge in [-0.2, -0.15) is 6.42 Å². The summed E-state index contributed by atoms with van der Waals surface area (Å²) in [6.07, 6.45) is 10.1. The number of carbonyl (C=O) groups is 1. The van der Waals surface area contributed by atoms with Crippen molar-refractivity contribution < 1.29 is 26.1 Å². The summed E-state index contributed by atoms with van der Waals surface area (Å²) >= 11 is 0. The number of carbonyl (C=O) groups excluding carboxylic acids is 2. The fraction of sp³-hybridized carbons (Fsp3) is 0.750. The van der Waals surface area contributed by atoms with E-state index in [1.54, 1.807) is 11.9 Å². The Kier molecular flexibility index (Phi) is 8.96. The molecule has 0 saturated carbocycles. The third-order valence-corrected chi connectivity index (χ3v) is 2.68. The maximum Gasteiger partial charge on any atom is 2.00 e. The summed E-state index contributed by atoms with van der Waals surface area (Å²) in [5.74, 6) is -0.133. The van der Waals surface area contributed by atoms with Crippen LogP contribution < -0.4 is 0 Å². The minimum absolute atomic E-state index is 0. The van der Waals surface area contributed by atoms with Crippen LogP contribution in [0.3, 0.4) is 0 Å². The number of aliphatic imine (C=N–C) groups is 1. The molecule has 0 N–H and O–H groups in total. The predicted molar refractivity (Wildman–Crippen MR) is 62.2 cm³/mol. The molecule has 5 heteroatoms. The van der Waals surface area contributed by atoms with E-state index in [4.69, 9.17) is 0 Å². The molecule has 0 aliphatic carbocycles. The van der Waals surface area contributed by atoms with Crippen LogP contribution in [0.15, 0.2) is 4.99 Å². The maximum atomic E-state index is 10.7. The summed E-state index contributed by atoms with van der Waals surface area (Å²) in [5.41, 5.74) is 0. The molecule has 1 unspecified atom stereocenters. The molecule has 0 spiro atoms. The largest absolute Gasteiger partial charge is 2.00 e. The Hall–Kier alpha value is -0.696. The van der Waals surface area contributed by atoms with E-state index < -0.39 is 0 Å². The van der Waals surface area contributed by atoms with E-state index in [1.165, 1.54) is 19.3 Å². The van der Waals surface area contributed by atoms with Crippen LogP contribution in [0.1, 0.15) is 32.1 Å². The molecular weight excluding hydrogens is 263 g/mol. The number of rotatable bonds is 1. The average molecular weight is 281 g/mol. The predicted octanol–water partition coefficient (Wildman–Crippen LogP) is 1.08.